The fourth-order valence-electron chi connectivity index (χ4n) is 2.51. The molecule has 4 nitrogen and oxygen atoms in total. The molecule has 0 saturated carbocycles. The van der Waals surface area contributed by atoms with Gasteiger partial charge in [-0.05, 0) is 35.9 Å². The van der Waals surface area contributed by atoms with E-state index in [1.165, 1.54) is 19.2 Å². The highest BCUT2D eigenvalue weighted by molar-refractivity contribution is 6.32. The lowest BCUT2D eigenvalue weighted by molar-refractivity contribution is -0.0511. The summed E-state index contributed by atoms with van der Waals surface area (Å²) < 4.78 is 39.9. The largest absolute Gasteiger partial charge is 0.493 e. The molecule has 25 heavy (non-hydrogen) atoms. The average molecular weight is 367 g/mol. The lowest BCUT2D eigenvalue weighted by Gasteiger charge is -2.19. The fraction of sp³-hybridized carbons (Fsp3) is 0.167. The molecule has 0 radical (unpaired) electrons. The first-order valence-electron chi connectivity index (χ1n) is 7.29. The van der Waals surface area contributed by atoms with Crippen LogP contribution in [0.3, 0.4) is 0 Å². The number of benzene rings is 2. The van der Waals surface area contributed by atoms with Crippen molar-refractivity contribution >= 4 is 23.5 Å². The van der Waals surface area contributed by atoms with Gasteiger partial charge in [0.15, 0.2) is 17.3 Å². The van der Waals surface area contributed by atoms with Crippen molar-refractivity contribution in [3.63, 3.8) is 0 Å². The van der Waals surface area contributed by atoms with Crippen molar-refractivity contribution in [2.75, 3.05) is 13.7 Å². The molecule has 0 saturated heterocycles. The quantitative estimate of drug-likeness (QED) is 0.741. The lowest BCUT2D eigenvalue weighted by atomic mass is 9.98. The van der Waals surface area contributed by atoms with Crippen LogP contribution < -0.4 is 14.2 Å². The van der Waals surface area contributed by atoms with Crippen LogP contribution in [0.5, 0.6) is 17.2 Å². The van der Waals surface area contributed by atoms with Crippen LogP contribution >= 0.6 is 11.6 Å². The van der Waals surface area contributed by atoms with Crippen molar-refractivity contribution in [2.24, 2.45) is 0 Å². The van der Waals surface area contributed by atoms with Gasteiger partial charge in [0.05, 0.1) is 17.7 Å². The fourth-order valence-corrected chi connectivity index (χ4v) is 2.77. The summed E-state index contributed by atoms with van der Waals surface area (Å²) in [6, 6.07) is 9.82. The number of para-hydroxylation sites is 1. The van der Waals surface area contributed by atoms with Crippen LogP contribution in [-0.4, -0.2) is 26.1 Å². The van der Waals surface area contributed by atoms with E-state index in [-0.39, 0.29) is 28.9 Å². The Bertz CT molecular complexity index is 849. The normalized spacial score (nSPS) is 15.1. The minimum atomic E-state index is -3.03. The molecule has 0 fully saturated rings. The van der Waals surface area contributed by atoms with E-state index in [1.54, 1.807) is 30.3 Å². The predicted molar refractivity (Wildman–Crippen MR) is 88.9 cm³/mol. The van der Waals surface area contributed by atoms with Crippen LogP contribution in [0.15, 0.2) is 42.0 Å². The van der Waals surface area contributed by atoms with Gasteiger partial charge in [-0.15, -0.1) is 0 Å². The minimum Gasteiger partial charge on any atom is -0.493 e. The van der Waals surface area contributed by atoms with E-state index in [1.807, 2.05) is 0 Å². The lowest BCUT2D eigenvalue weighted by Crippen LogP contribution is -2.18. The van der Waals surface area contributed by atoms with Crippen LogP contribution in [0.2, 0.25) is 5.02 Å². The molecule has 130 valence electrons. The summed E-state index contributed by atoms with van der Waals surface area (Å²) in [6.45, 7) is -2.93. The molecule has 1 aliphatic rings. The highest BCUT2D eigenvalue weighted by Gasteiger charge is 2.23. The van der Waals surface area contributed by atoms with Crippen molar-refractivity contribution in [3.05, 3.63) is 58.1 Å². The van der Waals surface area contributed by atoms with Crippen LogP contribution in [0, 0.1) is 0 Å². The van der Waals surface area contributed by atoms with Crippen molar-refractivity contribution in [3.8, 4) is 17.2 Å². The number of hydrogen-bond donors (Lipinski definition) is 0. The van der Waals surface area contributed by atoms with Crippen LogP contribution in [0.1, 0.15) is 15.9 Å². The number of ketones is 1. The van der Waals surface area contributed by atoms with Crippen LogP contribution in [-0.2, 0) is 0 Å². The first kappa shape index (κ1) is 17.2. The number of alkyl halides is 2. The van der Waals surface area contributed by atoms with Crippen LogP contribution in [0.4, 0.5) is 8.78 Å². The molecule has 0 atom stereocenters. The highest BCUT2D eigenvalue weighted by Crippen LogP contribution is 2.38. The predicted octanol–water partition coefficient (Wildman–Crippen LogP) is 4.61. The van der Waals surface area contributed by atoms with Gasteiger partial charge in [-0.1, -0.05) is 23.7 Å². The Morgan fingerprint density at radius 3 is 2.76 bits per heavy atom. The maximum absolute atomic E-state index is 12.5. The average Bonchev–Trinajstić information content (AvgIpc) is 2.59. The Labute approximate surface area is 147 Å². The molecule has 3 rings (SSSR count). The van der Waals surface area contributed by atoms with E-state index >= 15 is 0 Å². The molecule has 1 heterocycles. The van der Waals surface area contributed by atoms with Gasteiger partial charge in [0.25, 0.3) is 0 Å². The van der Waals surface area contributed by atoms with Gasteiger partial charge < -0.3 is 14.2 Å². The van der Waals surface area contributed by atoms with Gasteiger partial charge in [-0.25, -0.2) is 0 Å². The van der Waals surface area contributed by atoms with Gasteiger partial charge in [0.1, 0.15) is 12.4 Å². The van der Waals surface area contributed by atoms with Gasteiger partial charge in [0, 0.05) is 5.57 Å². The minimum absolute atomic E-state index is 0.0453. The first-order chi connectivity index (χ1) is 12.0. The van der Waals surface area contributed by atoms with Crippen molar-refractivity contribution in [1.82, 2.24) is 0 Å². The maximum Gasteiger partial charge on any atom is 0.387 e. The molecule has 1 aliphatic heterocycles. The smallest absolute Gasteiger partial charge is 0.387 e. The monoisotopic (exact) mass is 366 g/mol. The number of ether oxygens (including phenoxy) is 3. The number of carbonyl (C=O) groups excluding carboxylic acids is 1. The molecule has 2 aromatic carbocycles. The van der Waals surface area contributed by atoms with E-state index in [2.05, 4.69) is 4.74 Å². The molecular formula is C18H13ClF2O4. The van der Waals surface area contributed by atoms with E-state index < -0.39 is 6.61 Å². The second kappa shape index (κ2) is 7.11. The Hall–Kier alpha value is -2.60. The van der Waals surface area contributed by atoms with Gasteiger partial charge >= 0.3 is 6.61 Å². The second-order valence-corrected chi connectivity index (χ2v) is 5.60. The summed E-state index contributed by atoms with van der Waals surface area (Å²) in [5, 5.41) is -0.0453. The molecule has 0 N–H and O–H groups in total. The Balaban J connectivity index is 1.97. The SMILES string of the molecule is COc1cc(/C=C2\COc3ccccc3C2=O)cc(Cl)c1OC(F)F. The third-order valence-electron chi connectivity index (χ3n) is 3.61. The molecule has 0 aliphatic carbocycles. The van der Waals surface area contributed by atoms with Gasteiger partial charge in [-0.3, -0.25) is 4.79 Å². The standard InChI is InChI=1S/C18H13ClF2O4/c1-23-15-8-10(7-13(19)17(15)25-18(20)21)6-11-9-24-14-5-3-2-4-12(14)16(11)22/h2-8,18H,9H2,1H3/b11-6+. The molecule has 2 aromatic rings. The molecule has 0 aromatic heterocycles. The number of halogens is 3. The van der Waals surface area contributed by atoms with Crippen molar-refractivity contribution in [1.29, 1.82) is 0 Å². The summed E-state index contributed by atoms with van der Waals surface area (Å²) in [6.07, 6.45) is 1.58. The number of fused-ring (bicyclic) bond motifs is 1. The zero-order valence-electron chi connectivity index (χ0n) is 13.1. The number of Topliss-reactive ketones (excluding diaryl/α,β-unsaturated/α-hetero) is 1. The Kier molecular flexibility index (Phi) is 4.90. The van der Waals surface area contributed by atoms with E-state index in [9.17, 15) is 13.6 Å². The molecule has 0 bridgehead atoms. The third kappa shape index (κ3) is 3.58. The Morgan fingerprint density at radius 1 is 1.28 bits per heavy atom. The molecule has 0 amide bonds. The maximum atomic E-state index is 12.5. The molecule has 0 unspecified atom stereocenters. The highest BCUT2D eigenvalue weighted by atomic mass is 35.5. The zero-order valence-corrected chi connectivity index (χ0v) is 13.8. The summed E-state index contributed by atoms with van der Waals surface area (Å²) >= 11 is 6.01. The summed E-state index contributed by atoms with van der Waals surface area (Å²) in [7, 11) is 1.31. The van der Waals surface area contributed by atoms with Crippen molar-refractivity contribution < 1.29 is 27.8 Å². The first-order valence-corrected chi connectivity index (χ1v) is 7.67. The molecule has 0 spiro atoms. The summed E-state index contributed by atoms with van der Waals surface area (Å²) in [5.41, 5.74) is 1.39. The number of methoxy groups -OCH3 is 1. The van der Waals surface area contributed by atoms with Gasteiger partial charge in [-0.2, -0.15) is 8.78 Å². The zero-order chi connectivity index (χ0) is 18.0. The van der Waals surface area contributed by atoms with Gasteiger partial charge in [0.2, 0.25) is 0 Å². The Morgan fingerprint density at radius 2 is 2.04 bits per heavy atom. The summed E-state index contributed by atoms with van der Waals surface area (Å²) in [4.78, 5) is 12.5. The third-order valence-corrected chi connectivity index (χ3v) is 3.89. The second-order valence-electron chi connectivity index (χ2n) is 5.20. The summed E-state index contributed by atoms with van der Waals surface area (Å²) in [5.74, 6) is 0.160. The van der Waals surface area contributed by atoms with Crippen molar-refractivity contribution in [2.45, 2.75) is 6.61 Å². The topological polar surface area (TPSA) is 44.8 Å². The molecule has 7 heteroatoms. The van der Waals surface area contributed by atoms with E-state index in [4.69, 9.17) is 21.1 Å². The molecular weight excluding hydrogens is 354 g/mol. The van der Waals surface area contributed by atoms with E-state index in [0.717, 1.165) is 0 Å². The van der Waals surface area contributed by atoms with E-state index in [0.29, 0.717) is 22.4 Å². The number of carbonyl (C=O) groups is 1. The van der Waals surface area contributed by atoms with Crippen LogP contribution in [0.25, 0.3) is 6.08 Å². The number of rotatable bonds is 4. The number of hydrogen-bond acceptors (Lipinski definition) is 4.